The lowest BCUT2D eigenvalue weighted by molar-refractivity contribution is 0.304. The van der Waals surface area contributed by atoms with Crippen molar-refractivity contribution in [3.63, 3.8) is 0 Å². The van der Waals surface area contributed by atoms with Crippen LogP contribution >= 0.6 is 0 Å². The average Bonchev–Trinajstić information content (AvgIpc) is 3.67. The number of rotatable bonds is 20. The van der Waals surface area contributed by atoms with Gasteiger partial charge >= 0.3 is 0 Å². The van der Waals surface area contributed by atoms with Crippen molar-refractivity contribution in [2.75, 3.05) is 16.4 Å². The third-order valence-electron chi connectivity index (χ3n) is 14.8. The van der Waals surface area contributed by atoms with Gasteiger partial charge in [0.15, 0.2) is 0 Å². The summed E-state index contributed by atoms with van der Waals surface area (Å²) in [5.74, 6) is 0.892. The van der Waals surface area contributed by atoms with Crippen LogP contribution in [0.1, 0.15) is 51.0 Å². The van der Waals surface area contributed by atoms with Gasteiger partial charge in [0.2, 0.25) is 0 Å². The summed E-state index contributed by atoms with van der Waals surface area (Å²) in [6, 6.07) is 101. The predicted octanol–water partition coefficient (Wildman–Crippen LogP) is 21.7. The van der Waals surface area contributed by atoms with E-state index in [-0.39, 0.29) is 0 Å². The third-order valence-corrected chi connectivity index (χ3v) is 14.8. The first-order chi connectivity index (χ1) is 38.6. The van der Waals surface area contributed by atoms with E-state index in [1.54, 1.807) is 0 Å². The smallest absolute Gasteiger partial charge is 0.119 e. The average molecular weight is 1010 g/mol. The van der Waals surface area contributed by atoms with Crippen LogP contribution in [0.5, 0.6) is 5.75 Å². The van der Waals surface area contributed by atoms with Crippen molar-refractivity contribution in [2.45, 2.75) is 52.4 Å². The van der Waals surface area contributed by atoms with Crippen molar-refractivity contribution >= 4 is 34.1 Å². The summed E-state index contributed by atoms with van der Waals surface area (Å²) >= 11 is 0. The van der Waals surface area contributed by atoms with Gasteiger partial charge in [0.25, 0.3) is 0 Å². The Balaban J connectivity index is 1.14. The van der Waals surface area contributed by atoms with Gasteiger partial charge in [-0.3, -0.25) is 0 Å². The van der Waals surface area contributed by atoms with E-state index in [1.807, 2.05) is 0 Å². The number of unbranched alkanes of at least 4 members (excludes halogenated alkanes) is 5. The number of ether oxygens (including phenoxy) is 1. The van der Waals surface area contributed by atoms with Gasteiger partial charge in [-0.05, 0) is 153 Å². The molecule has 0 saturated carbocycles. The van der Waals surface area contributed by atoms with Crippen LogP contribution in [0.25, 0.3) is 66.8 Å². The summed E-state index contributed by atoms with van der Waals surface area (Å²) in [5.41, 5.74) is 21.2. The molecule has 0 aromatic heterocycles. The van der Waals surface area contributed by atoms with Crippen molar-refractivity contribution < 1.29 is 4.74 Å². The number of nitrogens with zero attached hydrogens (tertiary/aromatic N) is 2. The van der Waals surface area contributed by atoms with Crippen molar-refractivity contribution in [3.05, 3.63) is 285 Å². The molecule has 0 fully saturated rings. The van der Waals surface area contributed by atoms with Crippen LogP contribution in [0.15, 0.2) is 279 Å². The Kier molecular flexibility index (Phi) is 16.1. The highest BCUT2D eigenvalue weighted by Gasteiger charge is 2.26. The number of hydrogen-bond donors (Lipinski definition) is 0. The summed E-state index contributed by atoms with van der Waals surface area (Å²) in [7, 11) is 0. The van der Waals surface area contributed by atoms with E-state index in [0.29, 0.717) is 6.61 Å². The quantitative estimate of drug-likeness (QED) is 0.0708. The van der Waals surface area contributed by atoms with Gasteiger partial charge in [-0.2, -0.15) is 0 Å². The van der Waals surface area contributed by atoms with Crippen LogP contribution in [0.3, 0.4) is 0 Å². The first-order valence-corrected chi connectivity index (χ1v) is 27.8. The largest absolute Gasteiger partial charge is 0.494 e. The highest BCUT2D eigenvalue weighted by atomic mass is 16.5. The first-order valence-electron chi connectivity index (χ1n) is 27.8. The molecular formula is C75H66N2O. The molecule has 0 radical (unpaired) electrons. The lowest BCUT2D eigenvalue weighted by Crippen LogP contribution is -2.17. The highest BCUT2D eigenvalue weighted by molar-refractivity contribution is 5.99. The minimum absolute atomic E-state index is 0.717. The molecule has 0 spiro atoms. The van der Waals surface area contributed by atoms with E-state index < -0.39 is 0 Å². The molecule has 3 nitrogen and oxygen atoms in total. The zero-order valence-electron chi connectivity index (χ0n) is 44.8. The Hall–Kier alpha value is -9.18. The van der Waals surface area contributed by atoms with Crippen molar-refractivity contribution in [3.8, 4) is 72.5 Å². The molecule has 11 aromatic rings. The van der Waals surface area contributed by atoms with E-state index in [9.17, 15) is 0 Å². The van der Waals surface area contributed by atoms with Gasteiger partial charge in [0.1, 0.15) is 5.75 Å². The first kappa shape index (κ1) is 51.0. The minimum atomic E-state index is 0.717. The molecular weight excluding hydrogens is 945 g/mol. The second-order valence-corrected chi connectivity index (χ2v) is 20.2. The maximum atomic E-state index is 6.40. The van der Waals surface area contributed by atoms with Crippen LogP contribution in [0.2, 0.25) is 0 Å². The topological polar surface area (TPSA) is 15.7 Å². The monoisotopic (exact) mass is 1010 g/mol. The van der Waals surface area contributed by atoms with Gasteiger partial charge in [-0.1, -0.05) is 251 Å². The fourth-order valence-corrected chi connectivity index (χ4v) is 10.5. The number of hydrogen-bond acceptors (Lipinski definition) is 3. The molecule has 0 unspecified atom stereocenters. The summed E-state index contributed by atoms with van der Waals surface area (Å²) < 4.78 is 6.40. The van der Waals surface area contributed by atoms with Gasteiger partial charge in [-0.25, -0.2) is 0 Å². The molecule has 11 rings (SSSR count). The van der Waals surface area contributed by atoms with Gasteiger partial charge < -0.3 is 14.5 Å². The fourth-order valence-electron chi connectivity index (χ4n) is 10.5. The summed E-state index contributed by atoms with van der Waals surface area (Å²) in [6.07, 6.45) is 7.36. The van der Waals surface area contributed by atoms with Crippen LogP contribution < -0.4 is 14.5 Å². The molecule has 0 saturated heterocycles. The SMILES string of the molecule is CCCCCCCCOc1ccc(-c2cc(N(c3ccc(-c4ccccc4)cc3)c3ccc(-c4ccccc4)cc3)c(N(c3ccc(-c4ccccc4)cc3)c3ccc(-c4ccccc4)cc3)cc2-c2ccc(C)cc2)cc1. The van der Waals surface area contributed by atoms with Crippen LogP contribution in [-0.4, -0.2) is 6.61 Å². The summed E-state index contributed by atoms with van der Waals surface area (Å²) in [5, 5.41) is 0. The van der Waals surface area contributed by atoms with E-state index >= 15 is 0 Å². The number of aryl methyl sites for hydroxylation is 1. The van der Waals surface area contributed by atoms with Gasteiger partial charge in [0.05, 0.1) is 18.0 Å². The Morgan fingerprint density at radius 2 is 0.564 bits per heavy atom. The number of benzene rings is 11. The summed E-state index contributed by atoms with van der Waals surface area (Å²) in [6.45, 7) is 5.14. The predicted molar refractivity (Wildman–Crippen MR) is 332 cm³/mol. The Morgan fingerprint density at radius 3 is 0.897 bits per heavy atom. The fraction of sp³-hybridized carbons (Fsp3) is 0.120. The van der Waals surface area contributed by atoms with E-state index in [2.05, 4.69) is 303 Å². The molecule has 0 atom stereocenters. The molecule has 382 valence electrons. The Bertz CT molecular complexity index is 3450. The molecule has 0 aliphatic heterocycles. The van der Waals surface area contributed by atoms with Crippen LogP contribution in [0.4, 0.5) is 34.1 Å². The zero-order chi connectivity index (χ0) is 52.9. The second kappa shape index (κ2) is 24.7. The van der Waals surface area contributed by atoms with E-state index in [1.165, 1.54) is 59.9 Å². The molecule has 11 aromatic carbocycles. The van der Waals surface area contributed by atoms with Crippen LogP contribution in [-0.2, 0) is 0 Å². The minimum Gasteiger partial charge on any atom is -0.494 e. The number of anilines is 6. The maximum Gasteiger partial charge on any atom is 0.119 e. The Labute approximate surface area is 462 Å². The Morgan fingerprint density at radius 1 is 0.282 bits per heavy atom. The van der Waals surface area contributed by atoms with Crippen molar-refractivity contribution in [2.24, 2.45) is 0 Å². The van der Waals surface area contributed by atoms with E-state index in [0.717, 1.165) is 90.8 Å². The summed E-state index contributed by atoms with van der Waals surface area (Å²) in [4.78, 5) is 4.90. The second-order valence-electron chi connectivity index (χ2n) is 20.2. The molecule has 0 amide bonds. The lowest BCUT2D eigenvalue weighted by Gasteiger charge is -2.35. The van der Waals surface area contributed by atoms with Gasteiger partial charge in [0, 0.05) is 22.7 Å². The molecule has 78 heavy (non-hydrogen) atoms. The highest BCUT2D eigenvalue weighted by Crippen LogP contribution is 2.51. The zero-order valence-corrected chi connectivity index (χ0v) is 44.8. The molecule has 0 bridgehead atoms. The van der Waals surface area contributed by atoms with Crippen LogP contribution in [0, 0.1) is 6.92 Å². The van der Waals surface area contributed by atoms with Crippen molar-refractivity contribution in [1.29, 1.82) is 0 Å². The normalized spacial score (nSPS) is 11.1. The third kappa shape index (κ3) is 11.9. The molecule has 0 aliphatic rings. The molecule has 3 heteroatoms. The maximum absolute atomic E-state index is 6.40. The molecule has 0 aliphatic carbocycles. The van der Waals surface area contributed by atoms with Crippen molar-refractivity contribution in [1.82, 2.24) is 0 Å². The van der Waals surface area contributed by atoms with E-state index in [4.69, 9.17) is 4.74 Å². The van der Waals surface area contributed by atoms with Gasteiger partial charge in [-0.15, -0.1) is 0 Å². The lowest BCUT2D eigenvalue weighted by atomic mass is 9.91. The molecule has 0 N–H and O–H groups in total. The standard InChI is InChI=1S/C75H66N2O/c1-3-4-5-6-7-20-53-78-71-51-41-66(42-52-71)73-55-75(77(69-47-37-63(38-48-69)59-25-16-10-17-26-59)70-49-39-64(40-50-70)60-27-18-11-19-28-60)74(54-72(73)65-31-29-56(2)30-32-65)76(67-43-33-61(34-44-67)57-21-12-8-13-22-57)68-45-35-62(36-46-68)58-23-14-9-15-24-58/h8-19,21-52,54-55H,3-7,20,53H2,1-2H3. The molecule has 0 heterocycles.